The lowest BCUT2D eigenvalue weighted by Gasteiger charge is -2.13. The molecule has 0 aliphatic heterocycles. The summed E-state index contributed by atoms with van der Waals surface area (Å²) in [6.45, 7) is 0.102. The monoisotopic (exact) mass is 610 g/mol. The summed E-state index contributed by atoms with van der Waals surface area (Å²) in [6, 6.07) is 23.4. The van der Waals surface area contributed by atoms with Crippen molar-refractivity contribution in [3.63, 3.8) is 0 Å². The minimum atomic E-state index is -0.469. The second-order valence-corrected chi connectivity index (χ2v) is 9.95. The van der Waals surface area contributed by atoms with Gasteiger partial charge < -0.3 is 18.6 Å². The van der Waals surface area contributed by atoms with Crippen LogP contribution in [0.15, 0.2) is 99.2 Å². The molecule has 0 unspecified atom stereocenters. The van der Waals surface area contributed by atoms with Gasteiger partial charge in [0.05, 0.1) is 46.7 Å². The molecule has 6 aromatic rings. The summed E-state index contributed by atoms with van der Waals surface area (Å²) < 4.78 is 24.1. The number of nitrogens with zero attached hydrogens (tertiary/aromatic N) is 4. The van der Waals surface area contributed by atoms with Gasteiger partial charge in [-0.25, -0.2) is 4.98 Å². The van der Waals surface area contributed by atoms with E-state index in [1.54, 1.807) is 67.8 Å². The van der Waals surface area contributed by atoms with Crippen molar-refractivity contribution in [1.29, 1.82) is 0 Å². The van der Waals surface area contributed by atoms with Crippen molar-refractivity contribution in [3.8, 4) is 28.8 Å². The Morgan fingerprint density at radius 1 is 0.977 bits per heavy atom. The molecule has 0 spiro atoms. The fraction of sp³-hybridized carbons (Fsp3) is 0.0938. The Kier molecular flexibility index (Phi) is 7.69. The third-order valence-corrected chi connectivity index (χ3v) is 7.10. The minimum absolute atomic E-state index is 0.0167. The smallest absolute Gasteiger partial charge is 0.282 e. The molecule has 0 amide bonds. The van der Waals surface area contributed by atoms with Gasteiger partial charge in [0.15, 0.2) is 17.3 Å². The second kappa shape index (κ2) is 11.9. The van der Waals surface area contributed by atoms with Crippen molar-refractivity contribution < 1.29 is 23.6 Å². The van der Waals surface area contributed by atoms with Crippen molar-refractivity contribution in [2.75, 3.05) is 14.2 Å². The maximum absolute atomic E-state index is 13.6. The zero-order valence-corrected chi connectivity index (χ0v) is 24.1. The Balaban J connectivity index is 1.37. The first-order valence-electron chi connectivity index (χ1n) is 13.2. The number of hydrogen-bond donors (Lipinski definition) is 0. The van der Waals surface area contributed by atoms with E-state index in [2.05, 4.69) is 5.10 Å². The molecule has 0 aliphatic carbocycles. The fourth-order valence-electron chi connectivity index (χ4n) is 4.66. The van der Waals surface area contributed by atoms with E-state index in [1.807, 2.05) is 12.1 Å². The van der Waals surface area contributed by atoms with Gasteiger partial charge in [0.2, 0.25) is 5.82 Å². The number of benzene rings is 4. The molecule has 6 rings (SSSR count). The summed E-state index contributed by atoms with van der Waals surface area (Å²) in [6.07, 6.45) is 1.46. The Bertz CT molecular complexity index is 2120. The van der Waals surface area contributed by atoms with Crippen LogP contribution in [0.4, 0.5) is 5.69 Å². The number of hydrogen-bond acceptors (Lipinski definition) is 9. The number of aromatic nitrogens is 2. The molecule has 0 aliphatic rings. The number of fused-ring (bicyclic) bond motifs is 2. The molecule has 0 saturated carbocycles. The summed E-state index contributed by atoms with van der Waals surface area (Å²) in [7, 11) is 3.04. The van der Waals surface area contributed by atoms with Crippen molar-refractivity contribution in [3.05, 3.63) is 122 Å². The van der Waals surface area contributed by atoms with E-state index in [4.69, 9.17) is 35.2 Å². The van der Waals surface area contributed by atoms with Crippen molar-refractivity contribution >= 4 is 45.4 Å². The van der Waals surface area contributed by atoms with Crippen LogP contribution in [0.2, 0.25) is 5.02 Å². The number of nitro groups is 1. The molecule has 11 nitrogen and oxygen atoms in total. The third-order valence-electron chi connectivity index (χ3n) is 6.82. The lowest BCUT2D eigenvalue weighted by atomic mass is 10.2. The van der Waals surface area contributed by atoms with E-state index >= 15 is 0 Å². The first-order chi connectivity index (χ1) is 21.4. The average molecular weight is 611 g/mol. The number of rotatable bonds is 9. The second-order valence-electron chi connectivity index (χ2n) is 9.54. The van der Waals surface area contributed by atoms with Crippen LogP contribution in [0, 0.1) is 10.1 Å². The standard InChI is InChI=1S/C32H23ClN4O7/c1-41-26-8-5-9-27-23(26)16-29(44-27)31-35-25-7-4-3-6-22(25)32(38)36(31)34-17-20-14-24(33)30(28(15-20)42-2)43-18-19-10-12-21(13-11-19)37(39)40/h3-17H,18H2,1-2H3. The molecule has 44 heavy (non-hydrogen) atoms. The van der Waals surface area contributed by atoms with Crippen LogP contribution in [-0.2, 0) is 6.61 Å². The number of furan rings is 1. The topological polar surface area (TPSA) is 131 Å². The molecule has 12 heteroatoms. The van der Waals surface area contributed by atoms with Crippen LogP contribution in [0.5, 0.6) is 17.2 Å². The number of non-ortho nitro benzene ring substituents is 1. The molecule has 0 atom stereocenters. The number of para-hydroxylation sites is 1. The summed E-state index contributed by atoms with van der Waals surface area (Å²) in [5.74, 6) is 1.76. The molecule has 2 aromatic heterocycles. The van der Waals surface area contributed by atoms with Gasteiger partial charge >= 0.3 is 0 Å². The lowest BCUT2D eigenvalue weighted by Crippen LogP contribution is -2.20. The van der Waals surface area contributed by atoms with Crippen LogP contribution in [0.25, 0.3) is 33.5 Å². The quantitative estimate of drug-likeness (QED) is 0.0986. The zero-order valence-electron chi connectivity index (χ0n) is 23.4. The maximum Gasteiger partial charge on any atom is 0.282 e. The largest absolute Gasteiger partial charge is 0.496 e. The molecule has 0 N–H and O–H groups in total. The highest BCUT2D eigenvalue weighted by Gasteiger charge is 2.18. The van der Waals surface area contributed by atoms with Gasteiger partial charge in [0.25, 0.3) is 11.2 Å². The fourth-order valence-corrected chi connectivity index (χ4v) is 4.93. The Hall–Kier alpha value is -5.68. The summed E-state index contributed by atoms with van der Waals surface area (Å²) in [4.78, 5) is 28.8. The SMILES string of the molecule is COc1cc(C=Nn2c(-c3cc4c(OC)cccc4o3)nc3ccccc3c2=O)cc(Cl)c1OCc1ccc([N+](=O)[O-])cc1. The van der Waals surface area contributed by atoms with E-state index < -0.39 is 10.5 Å². The number of nitro benzene ring substituents is 1. The van der Waals surface area contributed by atoms with Gasteiger partial charge in [-0.05, 0) is 65.7 Å². The average Bonchev–Trinajstić information content (AvgIpc) is 3.48. The van der Waals surface area contributed by atoms with Gasteiger partial charge in [-0.1, -0.05) is 29.8 Å². The minimum Gasteiger partial charge on any atom is -0.496 e. The molecule has 220 valence electrons. The van der Waals surface area contributed by atoms with Crippen molar-refractivity contribution in [2.45, 2.75) is 6.61 Å². The van der Waals surface area contributed by atoms with E-state index in [1.165, 1.54) is 30.1 Å². The Morgan fingerprint density at radius 3 is 2.50 bits per heavy atom. The molecule has 0 bridgehead atoms. The first kappa shape index (κ1) is 28.4. The van der Waals surface area contributed by atoms with E-state index in [9.17, 15) is 14.9 Å². The van der Waals surface area contributed by atoms with Gasteiger partial charge in [-0.2, -0.15) is 9.78 Å². The van der Waals surface area contributed by atoms with Gasteiger partial charge in [-0.3, -0.25) is 14.9 Å². The predicted octanol–water partition coefficient (Wildman–Crippen LogP) is 6.85. The summed E-state index contributed by atoms with van der Waals surface area (Å²) in [5.41, 5.74) is 1.88. The number of halogens is 1. The first-order valence-corrected chi connectivity index (χ1v) is 13.6. The van der Waals surface area contributed by atoms with Crippen LogP contribution in [-0.4, -0.2) is 35.0 Å². The van der Waals surface area contributed by atoms with E-state index in [0.29, 0.717) is 44.9 Å². The van der Waals surface area contributed by atoms with E-state index in [-0.39, 0.29) is 28.9 Å². The molecule has 4 aromatic carbocycles. The molecule has 0 fully saturated rings. The highest BCUT2D eigenvalue weighted by molar-refractivity contribution is 6.32. The Labute approximate surface area is 254 Å². The van der Waals surface area contributed by atoms with Gasteiger partial charge in [-0.15, -0.1) is 0 Å². The van der Waals surface area contributed by atoms with Crippen molar-refractivity contribution in [1.82, 2.24) is 9.66 Å². The van der Waals surface area contributed by atoms with Gasteiger partial charge in [0.1, 0.15) is 17.9 Å². The predicted molar refractivity (Wildman–Crippen MR) is 166 cm³/mol. The summed E-state index contributed by atoms with van der Waals surface area (Å²) in [5, 5.41) is 16.8. The molecular weight excluding hydrogens is 588 g/mol. The van der Waals surface area contributed by atoms with Crippen LogP contribution in [0.3, 0.4) is 0 Å². The summed E-state index contributed by atoms with van der Waals surface area (Å²) >= 11 is 6.57. The van der Waals surface area contributed by atoms with Crippen molar-refractivity contribution in [2.24, 2.45) is 5.10 Å². The number of methoxy groups -OCH3 is 2. The molecule has 2 heterocycles. The molecular formula is C32H23ClN4O7. The molecule has 0 saturated heterocycles. The maximum atomic E-state index is 13.6. The molecule has 0 radical (unpaired) electrons. The van der Waals surface area contributed by atoms with Crippen LogP contribution < -0.4 is 19.8 Å². The van der Waals surface area contributed by atoms with Crippen LogP contribution >= 0.6 is 11.6 Å². The highest BCUT2D eigenvalue weighted by atomic mass is 35.5. The Morgan fingerprint density at radius 2 is 1.75 bits per heavy atom. The van der Waals surface area contributed by atoms with Crippen LogP contribution in [0.1, 0.15) is 11.1 Å². The highest BCUT2D eigenvalue weighted by Crippen LogP contribution is 2.37. The number of ether oxygens (including phenoxy) is 3. The zero-order chi connectivity index (χ0) is 30.8. The van der Waals surface area contributed by atoms with E-state index in [0.717, 1.165) is 5.39 Å². The third kappa shape index (κ3) is 5.43. The normalized spacial score (nSPS) is 11.3. The lowest BCUT2D eigenvalue weighted by molar-refractivity contribution is -0.384. The van der Waals surface area contributed by atoms with Gasteiger partial charge in [0, 0.05) is 12.1 Å².